The van der Waals surface area contributed by atoms with Crippen molar-refractivity contribution in [3.8, 4) is 6.07 Å². The molecular weight excluding hydrogens is 273 g/mol. The Morgan fingerprint density at radius 3 is 2.50 bits per heavy atom. The minimum atomic E-state index is -4.61. The maximum absolute atomic E-state index is 12.7. The minimum Gasteiger partial charge on any atom is -0.480 e. The van der Waals surface area contributed by atoms with Crippen molar-refractivity contribution in [2.45, 2.75) is 25.6 Å². The average molecular weight is 286 g/mol. The van der Waals surface area contributed by atoms with Gasteiger partial charge in [-0.1, -0.05) is 6.92 Å². The van der Waals surface area contributed by atoms with Crippen molar-refractivity contribution >= 4 is 11.7 Å². The number of benzene rings is 1. The molecule has 4 nitrogen and oxygen atoms in total. The normalized spacial score (nSPS) is 12.6. The van der Waals surface area contributed by atoms with Crippen LogP contribution < -0.4 is 4.90 Å². The average Bonchev–Trinajstić information content (AvgIpc) is 2.37. The monoisotopic (exact) mass is 286 g/mol. The summed E-state index contributed by atoms with van der Waals surface area (Å²) in [6.07, 6.45) is -4.33. The summed E-state index contributed by atoms with van der Waals surface area (Å²) in [6.45, 7) is 1.66. The van der Waals surface area contributed by atoms with Crippen molar-refractivity contribution in [1.29, 1.82) is 5.26 Å². The Kier molecular flexibility index (Phi) is 4.61. The number of aliphatic carboxylic acids is 1. The van der Waals surface area contributed by atoms with Gasteiger partial charge in [-0.2, -0.15) is 18.4 Å². The lowest BCUT2D eigenvalue weighted by Gasteiger charge is -2.26. The van der Waals surface area contributed by atoms with Gasteiger partial charge in [-0.15, -0.1) is 0 Å². The van der Waals surface area contributed by atoms with E-state index in [2.05, 4.69) is 0 Å². The first-order chi connectivity index (χ1) is 9.22. The molecule has 1 aromatic rings. The second kappa shape index (κ2) is 5.82. The third-order valence-electron chi connectivity index (χ3n) is 2.98. The Balaban J connectivity index is 3.23. The first-order valence-corrected chi connectivity index (χ1v) is 5.79. The van der Waals surface area contributed by atoms with Crippen molar-refractivity contribution in [2.24, 2.45) is 0 Å². The van der Waals surface area contributed by atoms with Crippen LogP contribution in [-0.4, -0.2) is 24.2 Å². The summed E-state index contributed by atoms with van der Waals surface area (Å²) >= 11 is 0. The number of carboxylic acid groups (broad SMARTS) is 1. The van der Waals surface area contributed by atoms with Gasteiger partial charge in [0, 0.05) is 12.7 Å². The van der Waals surface area contributed by atoms with E-state index in [9.17, 15) is 18.0 Å². The lowest BCUT2D eigenvalue weighted by molar-refractivity contribution is -0.139. The highest BCUT2D eigenvalue weighted by Crippen LogP contribution is 2.33. The Bertz CT molecular complexity index is 550. The number of nitriles is 1. The molecule has 0 bridgehead atoms. The van der Waals surface area contributed by atoms with E-state index in [-0.39, 0.29) is 12.1 Å². The van der Waals surface area contributed by atoms with E-state index in [0.29, 0.717) is 0 Å². The van der Waals surface area contributed by atoms with Crippen LogP contribution in [0, 0.1) is 11.3 Å². The molecule has 0 aliphatic carbocycles. The Hall–Kier alpha value is -2.23. The summed E-state index contributed by atoms with van der Waals surface area (Å²) in [7, 11) is 1.46. The number of likely N-dealkylation sites (N-methyl/N-ethyl adjacent to an activating group) is 1. The van der Waals surface area contributed by atoms with Gasteiger partial charge < -0.3 is 10.0 Å². The van der Waals surface area contributed by atoms with Gasteiger partial charge in [-0.05, 0) is 24.6 Å². The topological polar surface area (TPSA) is 64.3 Å². The van der Waals surface area contributed by atoms with Crippen molar-refractivity contribution in [3.05, 3.63) is 29.3 Å². The Morgan fingerprint density at radius 2 is 2.10 bits per heavy atom. The van der Waals surface area contributed by atoms with Crippen LogP contribution in [0.4, 0.5) is 18.9 Å². The van der Waals surface area contributed by atoms with Crippen molar-refractivity contribution in [3.63, 3.8) is 0 Å². The fourth-order valence-electron chi connectivity index (χ4n) is 1.89. The van der Waals surface area contributed by atoms with Crippen LogP contribution in [0.15, 0.2) is 18.2 Å². The minimum absolute atomic E-state index is 0.254. The molecule has 0 radical (unpaired) electrons. The van der Waals surface area contributed by atoms with E-state index in [1.165, 1.54) is 18.0 Å². The van der Waals surface area contributed by atoms with E-state index in [4.69, 9.17) is 10.4 Å². The molecule has 0 spiro atoms. The van der Waals surface area contributed by atoms with Crippen LogP contribution in [0.3, 0.4) is 0 Å². The summed E-state index contributed by atoms with van der Waals surface area (Å²) < 4.78 is 38.0. The second-order valence-corrected chi connectivity index (χ2v) is 4.21. The molecule has 0 aromatic heterocycles. The summed E-state index contributed by atoms with van der Waals surface area (Å²) in [5.41, 5.74) is -1.30. The number of rotatable bonds is 4. The zero-order valence-corrected chi connectivity index (χ0v) is 10.9. The molecule has 0 aliphatic heterocycles. The third-order valence-corrected chi connectivity index (χ3v) is 2.98. The third kappa shape index (κ3) is 3.20. The highest BCUT2D eigenvalue weighted by atomic mass is 19.4. The number of halogens is 3. The first-order valence-electron chi connectivity index (χ1n) is 5.79. The van der Waals surface area contributed by atoms with Crippen LogP contribution >= 0.6 is 0 Å². The molecular formula is C13H13F3N2O2. The first kappa shape index (κ1) is 15.8. The fourth-order valence-corrected chi connectivity index (χ4v) is 1.89. The summed E-state index contributed by atoms with van der Waals surface area (Å²) in [5, 5.41) is 17.8. The molecule has 1 rings (SSSR count). The second-order valence-electron chi connectivity index (χ2n) is 4.21. The van der Waals surface area contributed by atoms with E-state index in [1.54, 1.807) is 6.92 Å². The number of carbonyl (C=O) groups is 1. The maximum atomic E-state index is 12.7. The van der Waals surface area contributed by atoms with Gasteiger partial charge in [0.05, 0.1) is 17.2 Å². The molecule has 0 fully saturated rings. The van der Waals surface area contributed by atoms with E-state index >= 15 is 0 Å². The standard InChI is InChI=1S/C13H13F3N2O2/c1-3-11(12(19)20)18(2)9-4-5-10(13(14,15)16)8(6-9)7-17/h4-6,11H,3H2,1-2H3,(H,19,20). The smallest absolute Gasteiger partial charge is 0.417 e. The molecule has 0 amide bonds. The van der Waals surface area contributed by atoms with Gasteiger partial charge in [-0.3, -0.25) is 0 Å². The molecule has 1 aromatic carbocycles. The number of hydrogen-bond acceptors (Lipinski definition) is 3. The zero-order chi connectivity index (χ0) is 15.5. The van der Waals surface area contributed by atoms with Crippen LogP contribution in [0.1, 0.15) is 24.5 Å². The number of nitrogens with zero attached hydrogens (tertiary/aromatic N) is 2. The lowest BCUT2D eigenvalue weighted by Crippen LogP contribution is -2.38. The van der Waals surface area contributed by atoms with Crippen molar-refractivity contribution in [2.75, 3.05) is 11.9 Å². The summed E-state index contributed by atoms with van der Waals surface area (Å²) in [6, 6.07) is 3.63. The van der Waals surface area contributed by atoms with Crippen LogP contribution in [-0.2, 0) is 11.0 Å². The SMILES string of the molecule is CCC(C(=O)O)N(C)c1ccc(C(F)(F)F)c(C#N)c1. The molecule has 108 valence electrons. The predicted molar refractivity (Wildman–Crippen MR) is 66.3 cm³/mol. The van der Waals surface area contributed by atoms with Gasteiger partial charge in [0.1, 0.15) is 6.04 Å². The molecule has 7 heteroatoms. The molecule has 0 saturated carbocycles. The molecule has 20 heavy (non-hydrogen) atoms. The van der Waals surface area contributed by atoms with Crippen molar-refractivity contribution in [1.82, 2.24) is 0 Å². The highest BCUT2D eigenvalue weighted by molar-refractivity contribution is 5.78. The van der Waals surface area contributed by atoms with Gasteiger partial charge >= 0.3 is 12.1 Å². The zero-order valence-electron chi connectivity index (χ0n) is 10.9. The Morgan fingerprint density at radius 1 is 1.50 bits per heavy atom. The Labute approximate surface area is 114 Å². The lowest BCUT2D eigenvalue weighted by atomic mass is 10.1. The molecule has 1 atom stereocenters. The molecule has 0 aliphatic rings. The quantitative estimate of drug-likeness (QED) is 0.924. The van der Waals surface area contributed by atoms with Crippen molar-refractivity contribution < 1.29 is 23.1 Å². The molecule has 1 unspecified atom stereocenters. The van der Waals surface area contributed by atoms with Crippen LogP contribution in [0.5, 0.6) is 0 Å². The summed E-state index contributed by atoms with van der Waals surface area (Å²) in [4.78, 5) is 12.4. The number of alkyl halides is 3. The maximum Gasteiger partial charge on any atom is 0.417 e. The van der Waals surface area contributed by atoms with E-state index in [1.807, 2.05) is 0 Å². The highest BCUT2D eigenvalue weighted by Gasteiger charge is 2.34. The van der Waals surface area contributed by atoms with Gasteiger partial charge in [0.25, 0.3) is 0 Å². The number of hydrogen-bond donors (Lipinski definition) is 1. The van der Waals surface area contributed by atoms with Crippen LogP contribution in [0.2, 0.25) is 0 Å². The molecule has 0 heterocycles. The van der Waals surface area contributed by atoms with E-state index in [0.717, 1.165) is 18.2 Å². The van der Waals surface area contributed by atoms with Gasteiger partial charge in [-0.25, -0.2) is 4.79 Å². The molecule has 1 N–H and O–H groups in total. The van der Waals surface area contributed by atoms with E-state index < -0.39 is 29.3 Å². The molecule has 0 saturated heterocycles. The van der Waals surface area contributed by atoms with Gasteiger partial charge in [0.2, 0.25) is 0 Å². The predicted octanol–water partition coefficient (Wildman–Crippen LogP) is 2.88. The fraction of sp³-hybridized carbons (Fsp3) is 0.385. The van der Waals surface area contributed by atoms with Crippen LogP contribution in [0.25, 0.3) is 0 Å². The number of carboxylic acids is 1. The summed E-state index contributed by atoms with van der Waals surface area (Å²) in [5.74, 6) is -1.08. The number of anilines is 1. The largest absolute Gasteiger partial charge is 0.480 e. The van der Waals surface area contributed by atoms with Gasteiger partial charge in [0.15, 0.2) is 0 Å².